The van der Waals surface area contributed by atoms with Gasteiger partial charge in [0.05, 0.1) is 29.5 Å². The van der Waals surface area contributed by atoms with Crippen LogP contribution in [-0.2, 0) is 31.1 Å². The number of hydrogen-bond acceptors (Lipinski definition) is 3. The molecule has 23 heavy (non-hydrogen) atoms. The summed E-state index contributed by atoms with van der Waals surface area (Å²) in [6.45, 7) is 1.74. The van der Waals surface area contributed by atoms with Crippen LogP contribution in [-0.4, -0.2) is 25.5 Å². The van der Waals surface area contributed by atoms with E-state index in [9.17, 15) is 18.0 Å². The number of alkyl halides is 3. The molecule has 0 unspecified atom stereocenters. The van der Waals surface area contributed by atoms with Crippen LogP contribution >= 0.6 is 11.6 Å². The van der Waals surface area contributed by atoms with Gasteiger partial charge in [0.1, 0.15) is 0 Å². The fourth-order valence-electron chi connectivity index (χ4n) is 1.98. The van der Waals surface area contributed by atoms with E-state index in [4.69, 9.17) is 11.6 Å². The second kappa shape index (κ2) is 6.61. The lowest BCUT2D eigenvalue weighted by Crippen LogP contribution is -2.25. The van der Waals surface area contributed by atoms with Gasteiger partial charge < -0.3 is 5.32 Å². The van der Waals surface area contributed by atoms with E-state index >= 15 is 0 Å². The zero-order valence-electron chi connectivity index (χ0n) is 12.5. The van der Waals surface area contributed by atoms with Gasteiger partial charge >= 0.3 is 6.18 Å². The summed E-state index contributed by atoms with van der Waals surface area (Å²) in [4.78, 5) is 11.8. The smallest absolute Gasteiger partial charge is 0.350 e. The first-order valence-corrected chi connectivity index (χ1v) is 7.11. The van der Waals surface area contributed by atoms with E-state index in [0.29, 0.717) is 6.54 Å². The zero-order valence-corrected chi connectivity index (χ0v) is 13.2. The number of rotatable bonds is 5. The van der Waals surface area contributed by atoms with Crippen molar-refractivity contribution in [2.24, 2.45) is 7.05 Å². The van der Waals surface area contributed by atoms with Crippen LogP contribution in [0.15, 0.2) is 12.3 Å². The van der Waals surface area contributed by atoms with Crippen LogP contribution in [0.2, 0.25) is 5.02 Å². The van der Waals surface area contributed by atoms with E-state index < -0.39 is 16.9 Å². The molecule has 0 saturated heterocycles. The Labute approximate surface area is 135 Å². The van der Waals surface area contributed by atoms with Gasteiger partial charge in [-0.3, -0.25) is 14.2 Å². The van der Waals surface area contributed by atoms with E-state index in [1.807, 2.05) is 0 Å². The molecule has 0 aliphatic heterocycles. The Morgan fingerprint density at radius 1 is 1.43 bits per heavy atom. The highest BCUT2D eigenvalue weighted by Gasteiger charge is 2.38. The molecule has 2 aromatic rings. The van der Waals surface area contributed by atoms with Crippen molar-refractivity contribution in [3.8, 4) is 0 Å². The lowest BCUT2D eigenvalue weighted by Gasteiger charge is -2.07. The maximum Gasteiger partial charge on any atom is 0.436 e. The monoisotopic (exact) mass is 349 g/mol. The molecule has 0 aliphatic carbocycles. The SMILES string of the molecule is Cc1c(Cl)c(C(F)(F)F)nn1CCC(=O)NCc1ccnn1C. The maximum absolute atomic E-state index is 12.7. The normalized spacial score (nSPS) is 11.7. The average Bonchev–Trinajstić information content (AvgIpc) is 2.99. The molecule has 0 aliphatic rings. The zero-order chi connectivity index (χ0) is 17.2. The van der Waals surface area contributed by atoms with Crippen LogP contribution in [0.3, 0.4) is 0 Å². The van der Waals surface area contributed by atoms with Gasteiger partial charge in [0.2, 0.25) is 5.91 Å². The first kappa shape index (κ1) is 17.3. The molecule has 0 fully saturated rings. The van der Waals surface area contributed by atoms with E-state index in [-0.39, 0.29) is 24.6 Å². The molecule has 0 bridgehead atoms. The molecule has 2 rings (SSSR count). The quantitative estimate of drug-likeness (QED) is 0.901. The van der Waals surface area contributed by atoms with Gasteiger partial charge in [0.25, 0.3) is 0 Å². The summed E-state index contributed by atoms with van der Waals surface area (Å²) in [5, 5.41) is 9.64. The Hall–Kier alpha value is -2.03. The number of aryl methyl sites for hydroxylation is 2. The molecule has 2 aromatic heterocycles. The molecule has 0 aromatic carbocycles. The maximum atomic E-state index is 12.7. The van der Waals surface area contributed by atoms with Crippen molar-refractivity contribution < 1.29 is 18.0 Å². The topological polar surface area (TPSA) is 64.7 Å². The number of hydrogen-bond donors (Lipinski definition) is 1. The summed E-state index contributed by atoms with van der Waals surface area (Å²) in [6.07, 6.45) is -3.02. The minimum atomic E-state index is -4.62. The largest absolute Gasteiger partial charge is 0.436 e. The van der Waals surface area contributed by atoms with Crippen molar-refractivity contribution in [2.45, 2.75) is 32.6 Å². The predicted molar refractivity (Wildman–Crippen MR) is 76.6 cm³/mol. The number of halogens is 4. The number of aromatic nitrogens is 4. The molecule has 1 N–H and O–H groups in total. The molecule has 0 atom stereocenters. The van der Waals surface area contributed by atoms with Gasteiger partial charge in [0.15, 0.2) is 5.69 Å². The van der Waals surface area contributed by atoms with Crippen molar-refractivity contribution >= 4 is 17.5 Å². The highest BCUT2D eigenvalue weighted by atomic mass is 35.5. The van der Waals surface area contributed by atoms with Crippen molar-refractivity contribution in [1.82, 2.24) is 24.9 Å². The number of carbonyl (C=O) groups is 1. The summed E-state index contributed by atoms with van der Waals surface area (Å²) < 4.78 is 40.8. The Morgan fingerprint density at radius 2 is 2.13 bits per heavy atom. The molecule has 126 valence electrons. The van der Waals surface area contributed by atoms with Crippen LogP contribution in [0.5, 0.6) is 0 Å². The Bertz CT molecular complexity index is 707. The Kier molecular flexibility index (Phi) is 4.98. The summed E-state index contributed by atoms with van der Waals surface area (Å²) in [7, 11) is 1.75. The number of nitrogens with zero attached hydrogens (tertiary/aromatic N) is 4. The van der Waals surface area contributed by atoms with E-state index in [1.165, 1.54) is 6.92 Å². The predicted octanol–water partition coefficient (Wildman–Crippen LogP) is 2.30. The lowest BCUT2D eigenvalue weighted by atomic mass is 10.3. The molecule has 2 heterocycles. The van der Waals surface area contributed by atoms with E-state index in [0.717, 1.165) is 10.4 Å². The second-order valence-electron chi connectivity index (χ2n) is 4.94. The molecule has 1 amide bonds. The highest BCUT2D eigenvalue weighted by molar-refractivity contribution is 6.31. The third-order valence-corrected chi connectivity index (χ3v) is 3.79. The van der Waals surface area contributed by atoms with Crippen LogP contribution in [0, 0.1) is 6.92 Å². The molecule has 0 spiro atoms. The Morgan fingerprint density at radius 3 is 2.65 bits per heavy atom. The number of amides is 1. The number of carbonyl (C=O) groups excluding carboxylic acids is 1. The van der Waals surface area contributed by atoms with E-state index in [1.54, 1.807) is 24.0 Å². The van der Waals surface area contributed by atoms with Gasteiger partial charge in [-0.1, -0.05) is 11.6 Å². The van der Waals surface area contributed by atoms with Gasteiger partial charge in [-0.15, -0.1) is 0 Å². The van der Waals surface area contributed by atoms with Gasteiger partial charge in [-0.2, -0.15) is 23.4 Å². The van der Waals surface area contributed by atoms with Crippen molar-refractivity contribution in [3.05, 3.63) is 34.4 Å². The first-order valence-electron chi connectivity index (χ1n) is 6.74. The summed E-state index contributed by atoms with van der Waals surface area (Å²) in [5.41, 5.74) is -0.138. The molecular formula is C13H15ClF3N5O. The van der Waals surface area contributed by atoms with Crippen LogP contribution in [0.4, 0.5) is 13.2 Å². The molecule has 10 heteroatoms. The van der Waals surface area contributed by atoms with E-state index in [2.05, 4.69) is 15.5 Å². The third kappa shape index (κ3) is 4.04. The van der Waals surface area contributed by atoms with Crippen molar-refractivity contribution in [1.29, 1.82) is 0 Å². The standard InChI is InChI=1S/C13H15ClF3N5O/c1-8-11(14)12(13(15,16)17)20-22(8)6-4-10(23)18-7-9-3-5-19-21(9)2/h3,5H,4,6-7H2,1-2H3,(H,18,23). The van der Waals surface area contributed by atoms with Crippen LogP contribution in [0.25, 0.3) is 0 Å². The van der Waals surface area contributed by atoms with Crippen LogP contribution < -0.4 is 5.32 Å². The second-order valence-corrected chi connectivity index (χ2v) is 5.32. The molecule has 0 saturated carbocycles. The fourth-order valence-corrected chi connectivity index (χ4v) is 2.23. The molecular weight excluding hydrogens is 335 g/mol. The van der Waals surface area contributed by atoms with Gasteiger partial charge in [0, 0.05) is 19.7 Å². The van der Waals surface area contributed by atoms with Crippen LogP contribution in [0.1, 0.15) is 23.5 Å². The summed E-state index contributed by atoms with van der Waals surface area (Å²) >= 11 is 5.65. The highest BCUT2D eigenvalue weighted by Crippen LogP contribution is 2.35. The third-order valence-electron chi connectivity index (χ3n) is 3.34. The van der Waals surface area contributed by atoms with Crippen molar-refractivity contribution in [2.75, 3.05) is 0 Å². The fraction of sp³-hybridized carbons (Fsp3) is 0.462. The molecule has 6 nitrogen and oxygen atoms in total. The minimum absolute atomic E-state index is 0.00595. The first-order chi connectivity index (χ1) is 10.7. The minimum Gasteiger partial charge on any atom is -0.350 e. The summed E-state index contributed by atoms with van der Waals surface area (Å²) in [5.74, 6) is -0.300. The summed E-state index contributed by atoms with van der Waals surface area (Å²) in [6, 6.07) is 1.76. The average molecular weight is 350 g/mol. The van der Waals surface area contributed by atoms with Gasteiger partial charge in [-0.25, -0.2) is 0 Å². The number of nitrogens with one attached hydrogen (secondary N) is 1. The molecule has 0 radical (unpaired) electrons. The van der Waals surface area contributed by atoms with Gasteiger partial charge in [-0.05, 0) is 13.0 Å². The lowest BCUT2D eigenvalue weighted by molar-refractivity contribution is -0.141. The Balaban J connectivity index is 1.93. The van der Waals surface area contributed by atoms with Crippen molar-refractivity contribution in [3.63, 3.8) is 0 Å².